The zero-order chi connectivity index (χ0) is 15.4. The minimum Gasteiger partial charge on any atom is -0.480 e. The number of fused-ring (bicyclic) bond motifs is 1. The van der Waals surface area contributed by atoms with Crippen LogP contribution in [-0.2, 0) is 11.2 Å². The normalized spacial score (nSPS) is 16.5. The molecule has 1 aromatic heterocycles. The number of aromatic nitrogens is 2. The van der Waals surface area contributed by atoms with Crippen LogP contribution in [-0.4, -0.2) is 35.5 Å². The molecule has 0 aliphatic carbocycles. The Morgan fingerprint density at radius 1 is 1.41 bits per heavy atom. The number of amides is 1. The summed E-state index contributed by atoms with van der Waals surface area (Å²) in [6.07, 6.45) is 1.07. The third kappa shape index (κ3) is 3.19. The lowest BCUT2D eigenvalue weighted by Gasteiger charge is -2.25. The summed E-state index contributed by atoms with van der Waals surface area (Å²) in [6.45, 7) is 2.40. The standard InChI is InChI=1S/C15H17N3O4/c1-10-15(18-22-17-10)20-9-8-16-14(19)13-7-6-11-4-2-3-5-12(11)21-13/h2-5,13H,6-9H2,1H3,(H,16,19)/t13-/m1/s1. The SMILES string of the molecule is Cc1nonc1OCCNC(=O)[C@H]1CCc2ccccc2O1. The van der Waals surface area contributed by atoms with Crippen LogP contribution in [0, 0.1) is 6.92 Å². The van der Waals surface area contributed by atoms with Crippen molar-refractivity contribution in [3.05, 3.63) is 35.5 Å². The van der Waals surface area contributed by atoms with Crippen molar-refractivity contribution in [2.75, 3.05) is 13.2 Å². The van der Waals surface area contributed by atoms with Gasteiger partial charge in [-0.15, -0.1) is 0 Å². The van der Waals surface area contributed by atoms with Crippen molar-refractivity contribution in [1.82, 2.24) is 15.6 Å². The molecule has 0 saturated carbocycles. The predicted molar refractivity (Wildman–Crippen MR) is 76.7 cm³/mol. The Labute approximate surface area is 127 Å². The van der Waals surface area contributed by atoms with E-state index in [4.69, 9.17) is 9.47 Å². The van der Waals surface area contributed by atoms with Gasteiger partial charge in [0.15, 0.2) is 6.10 Å². The summed E-state index contributed by atoms with van der Waals surface area (Å²) in [5.41, 5.74) is 1.72. The van der Waals surface area contributed by atoms with E-state index in [2.05, 4.69) is 20.3 Å². The second-order valence-electron chi connectivity index (χ2n) is 5.05. The molecule has 0 bridgehead atoms. The predicted octanol–water partition coefficient (Wildman–Crippen LogP) is 1.27. The molecule has 1 aliphatic heterocycles. The van der Waals surface area contributed by atoms with E-state index in [9.17, 15) is 4.79 Å². The Balaban J connectivity index is 1.44. The molecule has 2 heterocycles. The molecule has 0 fully saturated rings. The first-order valence-electron chi connectivity index (χ1n) is 7.18. The van der Waals surface area contributed by atoms with Crippen LogP contribution in [0.15, 0.2) is 28.9 Å². The van der Waals surface area contributed by atoms with Crippen LogP contribution in [0.4, 0.5) is 0 Å². The fourth-order valence-electron chi connectivity index (χ4n) is 2.30. The molecular weight excluding hydrogens is 286 g/mol. The third-order valence-corrected chi connectivity index (χ3v) is 3.46. The van der Waals surface area contributed by atoms with Crippen LogP contribution in [0.2, 0.25) is 0 Å². The van der Waals surface area contributed by atoms with E-state index in [0.29, 0.717) is 31.1 Å². The summed E-state index contributed by atoms with van der Waals surface area (Å²) in [4.78, 5) is 12.1. The lowest BCUT2D eigenvalue weighted by atomic mass is 10.0. The first-order valence-corrected chi connectivity index (χ1v) is 7.18. The Bertz CT molecular complexity index is 656. The molecule has 0 saturated heterocycles. The molecular formula is C15H17N3O4. The minimum absolute atomic E-state index is 0.131. The Morgan fingerprint density at radius 3 is 3.09 bits per heavy atom. The van der Waals surface area contributed by atoms with Crippen molar-refractivity contribution in [2.45, 2.75) is 25.9 Å². The summed E-state index contributed by atoms with van der Waals surface area (Å²) in [6, 6.07) is 7.78. The number of para-hydroxylation sites is 1. The zero-order valence-corrected chi connectivity index (χ0v) is 12.2. The minimum atomic E-state index is -0.453. The van der Waals surface area contributed by atoms with Gasteiger partial charge in [-0.05, 0) is 36.6 Å². The molecule has 0 radical (unpaired) electrons. The van der Waals surface area contributed by atoms with Gasteiger partial charge in [-0.1, -0.05) is 23.4 Å². The van der Waals surface area contributed by atoms with Crippen LogP contribution in [0.3, 0.4) is 0 Å². The van der Waals surface area contributed by atoms with E-state index in [0.717, 1.165) is 17.7 Å². The highest BCUT2D eigenvalue weighted by molar-refractivity contribution is 5.81. The highest BCUT2D eigenvalue weighted by Gasteiger charge is 2.25. The number of nitrogens with zero attached hydrogens (tertiary/aromatic N) is 2. The summed E-state index contributed by atoms with van der Waals surface area (Å²) in [7, 11) is 0. The summed E-state index contributed by atoms with van der Waals surface area (Å²) < 4.78 is 15.6. The molecule has 22 heavy (non-hydrogen) atoms. The first-order chi connectivity index (χ1) is 10.7. The fourth-order valence-corrected chi connectivity index (χ4v) is 2.30. The second kappa shape index (κ2) is 6.46. The van der Waals surface area contributed by atoms with Gasteiger partial charge in [-0.2, -0.15) is 0 Å². The third-order valence-electron chi connectivity index (χ3n) is 3.46. The fraction of sp³-hybridized carbons (Fsp3) is 0.400. The largest absolute Gasteiger partial charge is 0.480 e. The van der Waals surface area contributed by atoms with Crippen molar-refractivity contribution in [2.24, 2.45) is 0 Å². The van der Waals surface area contributed by atoms with Gasteiger partial charge in [-0.25, -0.2) is 4.63 Å². The number of benzene rings is 1. The molecule has 1 aromatic carbocycles. The average molecular weight is 303 g/mol. The van der Waals surface area contributed by atoms with E-state index < -0.39 is 6.10 Å². The van der Waals surface area contributed by atoms with Gasteiger partial charge < -0.3 is 14.8 Å². The molecule has 1 aliphatic rings. The molecule has 2 aromatic rings. The van der Waals surface area contributed by atoms with Gasteiger partial charge in [-0.3, -0.25) is 4.79 Å². The van der Waals surface area contributed by atoms with Gasteiger partial charge in [0, 0.05) is 0 Å². The molecule has 1 N–H and O–H groups in total. The van der Waals surface area contributed by atoms with Crippen molar-refractivity contribution in [3.63, 3.8) is 0 Å². The van der Waals surface area contributed by atoms with E-state index in [-0.39, 0.29) is 5.91 Å². The van der Waals surface area contributed by atoms with E-state index in [1.807, 2.05) is 24.3 Å². The number of hydrogen-bond donors (Lipinski definition) is 1. The van der Waals surface area contributed by atoms with E-state index in [1.165, 1.54) is 0 Å². The molecule has 7 nitrogen and oxygen atoms in total. The summed E-state index contributed by atoms with van der Waals surface area (Å²) >= 11 is 0. The summed E-state index contributed by atoms with van der Waals surface area (Å²) in [5.74, 6) is 1.000. The van der Waals surface area contributed by atoms with Gasteiger partial charge in [0.25, 0.3) is 11.8 Å². The monoisotopic (exact) mass is 303 g/mol. The van der Waals surface area contributed by atoms with E-state index >= 15 is 0 Å². The van der Waals surface area contributed by atoms with Crippen LogP contribution in [0.25, 0.3) is 0 Å². The number of aryl methyl sites for hydroxylation is 2. The maximum Gasteiger partial charge on any atom is 0.278 e. The number of hydrogen-bond acceptors (Lipinski definition) is 6. The molecule has 0 unspecified atom stereocenters. The summed E-state index contributed by atoms with van der Waals surface area (Å²) in [5, 5.41) is 10.0. The molecule has 0 spiro atoms. The van der Waals surface area contributed by atoms with Crippen molar-refractivity contribution >= 4 is 5.91 Å². The van der Waals surface area contributed by atoms with Gasteiger partial charge in [0.2, 0.25) is 0 Å². The van der Waals surface area contributed by atoms with Crippen molar-refractivity contribution in [3.8, 4) is 11.6 Å². The number of rotatable bonds is 5. The van der Waals surface area contributed by atoms with Crippen molar-refractivity contribution in [1.29, 1.82) is 0 Å². The second-order valence-corrected chi connectivity index (χ2v) is 5.05. The van der Waals surface area contributed by atoms with Crippen LogP contribution in [0.5, 0.6) is 11.6 Å². The quantitative estimate of drug-likeness (QED) is 0.837. The van der Waals surface area contributed by atoms with Crippen LogP contribution < -0.4 is 14.8 Å². The highest BCUT2D eigenvalue weighted by atomic mass is 16.6. The number of nitrogens with one attached hydrogen (secondary N) is 1. The van der Waals surface area contributed by atoms with Crippen molar-refractivity contribution < 1.29 is 18.9 Å². The molecule has 1 amide bonds. The highest BCUT2D eigenvalue weighted by Crippen LogP contribution is 2.26. The lowest BCUT2D eigenvalue weighted by Crippen LogP contribution is -2.41. The Morgan fingerprint density at radius 2 is 2.27 bits per heavy atom. The van der Waals surface area contributed by atoms with Crippen LogP contribution in [0.1, 0.15) is 17.7 Å². The number of carbonyl (C=O) groups is 1. The first kappa shape index (κ1) is 14.4. The van der Waals surface area contributed by atoms with Crippen LogP contribution >= 0.6 is 0 Å². The number of carbonyl (C=O) groups excluding carboxylic acids is 1. The molecule has 3 rings (SSSR count). The maximum absolute atomic E-state index is 12.1. The Kier molecular flexibility index (Phi) is 4.22. The Hall–Kier alpha value is -2.57. The molecule has 116 valence electrons. The lowest BCUT2D eigenvalue weighted by molar-refractivity contribution is -0.128. The zero-order valence-electron chi connectivity index (χ0n) is 12.2. The molecule has 1 atom stereocenters. The maximum atomic E-state index is 12.1. The van der Waals surface area contributed by atoms with Gasteiger partial charge >= 0.3 is 0 Å². The van der Waals surface area contributed by atoms with Gasteiger partial charge in [0.1, 0.15) is 18.1 Å². The number of ether oxygens (including phenoxy) is 2. The van der Waals surface area contributed by atoms with E-state index in [1.54, 1.807) is 6.92 Å². The average Bonchev–Trinajstić information content (AvgIpc) is 2.96. The topological polar surface area (TPSA) is 86.5 Å². The smallest absolute Gasteiger partial charge is 0.278 e. The molecule has 7 heteroatoms. The van der Waals surface area contributed by atoms with Gasteiger partial charge in [0.05, 0.1) is 6.54 Å².